The molecule has 17 heavy (non-hydrogen) atoms. The minimum absolute atomic E-state index is 0.686. The monoisotopic (exact) mass is 236 g/mol. The molecule has 3 unspecified atom stereocenters. The average molecular weight is 236 g/mol. The van der Waals surface area contributed by atoms with Gasteiger partial charge in [-0.05, 0) is 51.1 Å². The Labute approximate surface area is 106 Å². The first-order chi connectivity index (χ1) is 8.36. The van der Waals surface area contributed by atoms with Crippen molar-refractivity contribution in [1.29, 1.82) is 0 Å². The van der Waals surface area contributed by atoms with Crippen LogP contribution in [0.25, 0.3) is 0 Å². The van der Waals surface area contributed by atoms with Gasteiger partial charge in [0.2, 0.25) is 0 Å². The highest BCUT2D eigenvalue weighted by molar-refractivity contribution is 5.01. The Morgan fingerprint density at radius 2 is 2.00 bits per heavy atom. The largest absolute Gasteiger partial charge is 0.330 e. The van der Waals surface area contributed by atoms with E-state index < -0.39 is 0 Å². The third-order valence-electron chi connectivity index (χ3n) is 4.62. The maximum atomic E-state index is 5.97. The summed E-state index contributed by atoms with van der Waals surface area (Å²) in [6.07, 6.45) is 14.3. The predicted molar refractivity (Wildman–Crippen MR) is 74.0 cm³/mol. The lowest BCUT2D eigenvalue weighted by molar-refractivity contribution is 0.0821. The molecule has 0 radical (unpaired) electrons. The molecule has 0 aliphatic heterocycles. The molecule has 0 amide bonds. The van der Waals surface area contributed by atoms with Gasteiger partial charge in [0.15, 0.2) is 0 Å². The summed E-state index contributed by atoms with van der Waals surface area (Å²) in [5.41, 5.74) is 5.97. The third-order valence-corrected chi connectivity index (χ3v) is 4.62. The van der Waals surface area contributed by atoms with E-state index in [-0.39, 0.29) is 0 Å². The fraction of sp³-hybridized carbons (Fsp3) is 0.867. The average Bonchev–Trinajstić information content (AvgIpc) is 2.41. The van der Waals surface area contributed by atoms with Crippen molar-refractivity contribution < 1.29 is 0 Å². The van der Waals surface area contributed by atoms with Crippen LogP contribution < -0.4 is 5.73 Å². The van der Waals surface area contributed by atoms with Crippen molar-refractivity contribution in [2.75, 3.05) is 13.1 Å². The van der Waals surface area contributed by atoms with Crippen LogP contribution in [0.1, 0.15) is 51.9 Å². The summed E-state index contributed by atoms with van der Waals surface area (Å²) >= 11 is 0. The van der Waals surface area contributed by atoms with Crippen LogP contribution in [-0.4, -0.2) is 30.1 Å². The molecule has 2 aliphatic carbocycles. The maximum Gasteiger partial charge on any atom is 0.0281 e. The van der Waals surface area contributed by atoms with Gasteiger partial charge in [0.25, 0.3) is 0 Å². The van der Waals surface area contributed by atoms with E-state index in [1.165, 1.54) is 51.5 Å². The Hall–Kier alpha value is -0.340. The van der Waals surface area contributed by atoms with Crippen molar-refractivity contribution in [2.24, 2.45) is 11.7 Å². The molecule has 0 aromatic heterocycles. The van der Waals surface area contributed by atoms with Crippen molar-refractivity contribution in [3.63, 3.8) is 0 Å². The highest BCUT2D eigenvalue weighted by Gasteiger charge is 2.31. The summed E-state index contributed by atoms with van der Waals surface area (Å²) in [6, 6.07) is 1.43. The molecular weight excluding hydrogens is 208 g/mol. The van der Waals surface area contributed by atoms with Crippen molar-refractivity contribution in [3.8, 4) is 0 Å². The minimum Gasteiger partial charge on any atom is -0.330 e. The van der Waals surface area contributed by atoms with E-state index in [0.717, 1.165) is 18.5 Å². The minimum atomic E-state index is 0.686. The lowest BCUT2D eigenvalue weighted by Crippen LogP contribution is -2.49. The molecule has 2 heteroatoms. The molecule has 2 rings (SSSR count). The number of rotatable bonds is 4. The van der Waals surface area contributed by atoms with Crippen molar-refractivity contribution in [2.45, 2.75) is 64.0 Å². The van der Waals surface area contributed by atoms with E-state index in [1.54, 1.807) is 0 Å². The molecule has 2 aliphatic rings. The number of hydrogen-bond acceptors (Lipinski definition) is 2. The van der Waals surface area contributed by atoms with E-state index in [2.05, 4.69) is 24.0 Å². The molecule has 3 atom stereocenters. The first kappa shape index (κ1) is 13.1. The molecule has 0 spiro atoms. The maximum absolute atomic E-state index is 5.97. The van der Waals surface area contributed by atoms with E-state index >= 15 is 0 Å². The topological polar surface area (TPSA) is 29.3 Å². The Balaban J connectivity index is 2.04. The molecule has 0 saturated heterocycles. The zero-order valence-electron chi connectivity index (χ0n) is 11.3. The Bertz CT molecular complexity index is 249. The SMILES string of the molecule is CCN(C1C=CCCC1)C1CCCCC1CN. The highest BCUT2D eigenvalue weighted by atomic mass is 15.2. The lowest BCUT2D eigenvalue weighted by Gasteiger charge is -2.43. The van der Waals surface area contributed by atoms with Crippen molar-refractivity contribution in [3.05, 3.63) is 12.2 Å². The normalized spacial score (nSPS) is 34.2. The Kier molecular flexibility index (Phi) is 5.05. The van der Waals surface area contributed by atoms with Crippen LogP contribution in [0.3, 0.4) is 0 Å². The number of allylic oxidation sites excluding steroid dienone is 1. The van der Waals surface area contributed by atoms with Crippen LogP contribution in [0.15, 0.2) is 12.2 Å². The highest BCUT2D eigenvalue weighted by Crippen LogP contribution is 2.31. The van der Waals surface area contributed by atoms with Crippen LogP contribution in [0.4, 0.5) is 0 Å². The first-order valence-corrected chi connectivity index (χ1v) is 7.49. The summed E-state index contributed by atoms with van der Waals surface area (Å²) in [5, 5.41) is 0. The van der Waals surface area contributed by atoms with E-state index in [1.807, 2.05) is 0 Å². The van der Waals surface area contributed by atoms with Crippen LogP contribution in [0.5, 0.6) is 0 Å². The smallest absolute Gasteiger partial charge is 0.0281 e. The van der Waals surface area contributed by atoms with E-state index in [0.29, 0.717) is 6.04 Å². The van der Waals surface area contributed by atoms with Crippen molar-refractivity contribution >= 4 is 0 Å². The lowest BCUT2D eigenvalue weighted by atomic mass is 9.82. The second-order valence-electron chi connectivity index (χ2n) is 5.60. The number of hydrogen-bond donors (Lipinski definition) is 1. The Morgan fingerprint density at radius 3 is 2.65 bits per heavy atom. The number of nitrogens with two attached hydrogens (primary N) is 1. The predicted octanol–water partition coefficient (Wildman–Crippen LogP) is 2.93. The molecule has 1 fully saturated rings. The standard InChI is InChI=1S/C15H28N2/c1-2-17(14-9-4-3-5-10-14)15-11-7-6-8-13(15)12-16/h4,9,13-15H,2-3,5-8,10-12,16H2,1H3. The van der Waals surface area contributed by atoms with Crippen LogP contribution >= 0.6 is 0 Å². The molecule has 0 aromatic carbocycles. The number of likely N-dealkylation sites (N-methyl/N-ethyl adjacent to an activating group) is 1. The molecule has 2 nitrogen and oxygen atoms in total. The quantitative estimate of drug-likeness (QED) is 0.760. The van der Waals surface area contributed by atoms with Crippen LogP contribution in [-0.2, 0) is 0 Å². The van der Waals surface area contributed by atoms with Gasteiger partial charge in [-0.3, -0.25) is 4.90 Å². The van der Waals surface area contributed by atoms with Gasteiger partial charge < -0.3 is 5.73 Å². The summed E-state index contributed by atoms with van der Waals surface area (Å²) in [4.78, 5) is 2.73. The van der Waals surface area contributed by atoms with Gasteiger partial charge in [-0.15, -0.1) is 0 Å². The van der Waals surface area contributed by atoms with Crippen LogP contribution in [0.2, 0.25) is 0 Å². The van der Waals surface area contributed by atoms with Gasteiger partial charge in [-0.2, -0.15) is 0 Å². The zero-order valence-corrected chi connectivity index (χ0v) is 11.3. The van der Waals surface area contributed by atoms with Crippen LogP contribution in [0, 0.1) is 5.92 Å². The molecule has 1 saturated carbocycles. The van der Waals surface area contributed by atoms with Crippen molar-refractivity contribution in [1.82, 2.24) is 4.90 Å². The second-order valence-corrected chi connectivity index (χ2v) is 5.60. The summed E-state index contributed by atoms with van der Waals surface area (Å²) in [7, 11) is 0. The van der Waals surface area contributed by atoms with Gasteiger partial charge in [0.1, 0.15) is 0 Å². The van der Waals surface area contributed by atoms with Gasteiger partial charge in [0, 0.05) is 12.1 Å². The molecular formula is C15H28N2. The van der Waals surface area contributed by atoms with E-state index in [4.69, 9.17) is 5.73 Å². The third kappa shape index (κ3) is 3.11. The molecule has 2 N–H and O–H groups in total. The fourth-order valence-corrected chi connectivity index (χ4v) is 3.69. The summed E-state index contributed by atoms with van der Waals surface area (Å²) < 4.78 is 0. The van der Waals surface area contributed by atoms with Gasteiger partial charge in [0.05, 0.1) is 0 Å². The summed E-state index contributed by atoms with van der Waals surface area (Å²) in [6.45, 7) is 4.36. The summed E-state index contributed by atoms with van der Waals surface area (Å²) in [5.74, 6) is 0.735. The number of nitrogens with zero attached hydrogens (tertiary/aromatic N) is 1. The van der Waals surface area contributed by atoms with Gasteiger partial charge in [-0.1, -0.05) is 31.9 Å². The van der Waals surface area contributed by atoms with Gasteiger partial charge >= 0.3 is 0 Å². The van der Waals surface area contributed by atoms with E-state index in [9.17, 15) is 0 Å². The van der Waals surface area contributed by atoms with Gasteiger partial charge in [-0.25, -0.2) is 0 Å². The molecule has 0 aromatic rings. The molecule has 0 bridgehead atoms. The first-order valence-electron chi connectivity index (χ1n) is 7.49. The second kappa shape index (κ2) is 6.55. The zero-order chi connectivity index (χ0) is 12.1. The molecule has 0 heterocycles. The molecule has 98 valence electrons. The Morgan fingerprint density at radius 1 is 1.18 bits per heavy atom. The fourth-order valence-electron chi connectivity index (χ4n) is 3.69.